The third-order valence-corrected chi connectivity index (χ3v) is 2.95. The Morgan fingerprint density at radius 2 is 1.75 bits per heavy atom. The van der Waals surface area contributed by atoms with E-state index in [4.69, 9.17) is 19.7 Å². The number of esters is 2. The van der Waals surface area contributed by atoms with Gasteiger partial charge in [-0.05, 0) is 30.2 Å². The number of carboxylic acid groups (broad SMARTS) is 1. The predicted octanol–water partition coefficient (Wildman–Crippen LogP) is 0.656. The Balaban J connectivity index is 2.76. The van der Waals surface area contributed by atoms with E-state index in [0.717, 1.165) is 0 Å². The van der Waals surface area contributed by atoms with Crippen LogP contribution in [-0.4, -0.2) is 61.2 Å². The van der Waals surface area contributed by atoms with Gasteiger partial charge < -0.3 is 24.4 Å². The summed E-state index contributed by atoms with van der Waals surface area (Å²) >= 11 is 0. The van der Waals surface area contributed by atoms with Crippen LogP contribution in [0.2, 0.25) is 0 Å². The van der Waals surface area contributed by atoms with Crippen molar-refractivity contribution in [3.63, 3.8) is 0 Å². The fourth-order valence-electron chi connectivity index (χ4n) is 1.88. The van der Waals surface area contributed by atoms with Crippen LogP contribution < -0.4 is 0 Å². The van der Waals surface area contributed by atoms with Crippen LogP contribution in [0, 0.1) is 0 Å². The highest BCUT2D eigenvalue weighted by atomic mass is 16.6. The number of aromatic carboxylic acids is 1. The first-order valence-electron chi connectivity index (χ1n) is 7.31. The number of aliphatic hydroxyl groups is 1. The molecule has 2 N–H and O–H groups in total. The Labute approximate surface area is 138 Å². The van der Waals surface area contributed by atoms with Gasteiger partial charge in [-0.3, -0.25) is 4.79 Å². The topological polar surface area (TPSA) is 119 Å². The first-order valence-corrected chi connectivity index (χ1v) is 7.31. The number of aliphatic hydroxyl groups excluding tert-OH is 1. The zero-order chi connectivity index (χ0) is 17.9. The molecular weight excluding hydrogens is 320 g/mol. The van der Waals surface area contributed by atoms with Gasteiger partial charge in [-0.2, -0.15) is 0 Å². The monoisotopic (exact) mass is 340 g/mol. The average molecular weight is 340 g/mol. The molecule has 1 aromatic carbocycles. The maximum Gasteiger partial charge on any atom is 0.338 e. The molecule has 132 valence electrons. The Kier molecular flexibility index (Phi) is 8.45. The number of hydrogen-bond acceptors (Lipinski definition) is 7. The van der Waals surface area contributed by atoms with Gasteiger partial charge >= 0.3 is 17.9 Å². The molecule has 24 heavy (non-hydrogen) atoms. The lowest BCUT2D eigenvalue weighted by molar-refractivity contribution is -0.142. The highest BCUT2D eigenvalue weighted by molar-refractivity contribution is 5.94. The number of rotatable bonds is 10. The van der Waals surface area contributed by atoms with Gasteiger partial charge in [0.05, 0.1) is 30.9 Å². The van der Waals surface area contributed by atoms with Crippen molar-refractivity contribution in [1.82, 2.24) is 0 Å². The third-order valence-electron chi connectivity index (χ3n) is 2.95. The van der Waals surface area contributed by atoms with Crippen LogP contribution in [0.5, 0.6) is 0 Å². The van der Waals surface area contributed by atoms with Crippen LogP contribution in [0.3, 0.4) is 0 Å². The highest BCUT2D eigenvalue weighted by Gasteiger charge is 2.15. The van der Waals surface area contributed by atoms with Gasteiger partial charge in [-0.15, -0.1) is 0 Å². The molecule has 0 unspecified atom stereocenters. The second-order valence-corrected chi connectivity index (χ2v) is 4.74. The van der Waals surface area contributed by atoms with Crippen LogP contribution in [-0.2, 0) is 25.4 Å². The summed E-state index contributed by atoms with van der Waals surface area (Å²) in [5.41, 5.74) is 0.726. The van der Waals surface area contributed by atoms with E-state index in [9.17, 15) is 14.4 Å². The molecule has 0 atom stereocenters. The smallest absolute Gasteiger partial charge is 0.338 e. The SMILES string of the molecule is CC(=O)OCCOC(=O)c1ccc(C(=O)O)cc1CCOCCO. The minimum absolute atomic E-state index is 0.0450. The number of hydrogen-bond donors (Lipinski definition) is 2. The summed E-state index contributed by atoms with van der Waals surface area (Å²) < 4.78 is 14.8. The minimum Gasteiger partial charge on any atom is -0.478 e. The molecule has 1 rings (SSSR count). The zero-order valence-corrected chi connectivity index (χ0v) is 13.3. The summed E-state index contributed by atoms with van der Waals surface area (Å²) in [6.45, 7) is 1.35. The number of carbonyl (C=O) groups excluding carboxylic acids is 2. The van der Waals surface area contributed by atoms with Gasteiger partial charge in [0.1, 0.15) is 13.2 Å². The quantitative estimate of drug-likeness (QED) is 0.471. The van der Waals surface area contributed by atoms with Crippen molar-refractivity contribution < 1.29 is 38.8 Å². The number of carboxylic acids is 1. The second kappa shape index (κ2) is 10.3. The molecule has 0 aliphatic carbocycles. The van der Waals surface area contributed by atoms with E-state index >= 15 is 0 Å². The molecule has 0 aliphatic rings. The van der Waals surface area contributed by atoms with E-state index in [0.29, 0.717) is 5.56 Å². The lowest BCUT2D eigenvalue weighted by Crippen LogP contribution is -2.15. The van der Waals surface area contributed by atoms with Crippen molar-refractivity contribution in [3.8, 4) is 0 Å². The summed E-state index contributed by atoms with van der Waals surface area (Å²) in [4.78, 5) is 33.8. The molecule has 0 spiro atoms. The van der Waals surface area contributed by atoms with Crippen molar-refractivity contribution in [2.75, 3.05) is 33.0 Å². The van der Waals surface area contributed by atoms with Crippen molar-refractivity contribution in [2.24, 2.45) is 0 Å². The molecule has 0 amide bonds. The molecule has 0 bridgehead atoms. The van der Waals surface area contributed by atoms with Gasteiger partial charge in [0, 0.05) is 6.92 Å². The largest absolute Gasteiger partial charge is 0.478 e. The molecule has 1 aromatic rings. The van der Waals surface area contributed by atoms with Crippen LogP contribution in [0.1, 0.15) is 33.2 Å². The fraction of sp³-hybridized carbons (Fsp3) is 0.438. The Morgan fingerprint density at radius 3 is 2.38 bits per heavy atom. The maximum absolute atomic E-state index is 12.1. The normalized spacial score (nSPS) is 10.2. The molecular formula is C16H20O8. The number of benzene rings is 1. The first-order chi connectivity index (χ1) is 11.5. The fourth-order valence-corrected chi connectivity index (χ4v) is 1.88. The van der Waals surface area contributed by atoms with E-state index < -0.39 is 17.9 Å². The van der Waals surface area contributed by atoms with Gasteiger partial charge in [0.25, 0.3) is 0 Å². The van der Waals surface area contributed by atoms with Crippen LogP contribution in [0.15, 0.2) is 18.2 Å². The Bertz CT molecular complexity index is 581. The summed E-state index contributed by atoms with van der Waals surface area (Å²) in [7, 11) is 0. The van der Waals surface area contributed by atoms with E-state index in [1.165, 1.54) is 25.1 Å². The Morgan fingerprint density at radius 1 is 1.04 bits per heavy atom. The van der Waals surface area contributed by atoms with Crippen molar-refractivity contribution in [3.05, 3.63) is 34.9 Å². The molecule has 0 saturated heterocycles. The van der Waals surface area contributed by atoms with Crippen LogP contribution in [0.25, 0.3) is 0 Å². The number of ether oxygens (including phenoxy) is 3. The molecule has 0 aliphatic heterocycles. The van der Waals surface area contributed by atoms with Crippen molar-refractivity contribution >= 4 is 17.9 Å². The van der Waals surface area contributed by atoms with E-state index in [1.54, 1.807) is 0 Å². The van der Waals surface area contributed by atoms with Crippen molar-refractivity contribution in [1.29, 1.82) is 0 Å². The number of carbonyl (C=O) groups is 3. The minimum atomic E-state index is -1.11. The first kappa shape index (κ1) is 19.6. The Hall–Kier alpha value is -2.45. The van der Waals surface area contributed by atoms with Gasteiger partial charge in [-0.25, -0.2) is 9.59 Å². The standard InChI is InChI=1S/C16H20O8/c1-11(18)23-8-9-24-16(21)14-3-2-13(15(19)20)10-12(14)4-6-22-7-5-17/h2-3,10,17H,4-9H2,1H3,(H,19,20). The molecule has 0 aromatic heterocycles. The van der Waals surface area contributed by atoms with E-state index in [-0.39, 0.29) is 50.6 Å². The maximum atomic E-state index is 12.1. The van der Waals surface area contributed by atoms with E-state index in [1.807, 2.05) is 0 Å². The van der Waals surface area contributed by atoms with Gasteiger partial charge in [0.15, 0.2) is 0 Å². The highest BCUT2D eigenvalue weighted by Crippen LogP contribution is 2.15. The molecule has 0 radical (unpaired) electrons. The van der Waals surface area contributed by atoms with E-state index in [2.05, 4.69) is 4.74 Å². The average Bonchev–Trinajstić information content (AvgIpc) is 2.55. The molecule has 0 heterocycles. The lowest BCUT2D eigenvalue weighted by Gasteiger charge is -2.11. The molecule has 0 saturated carbocycles. The lowest BCUT2D eigenvalue weighted by atomic mass is 10.0. The molecule has 0 fully saturated rings. The zero-order valence-electron chi connectivity index (χ0n) is 13.3. The summed E-state index contributed by atoms with van der Waals surface area (Å²) in [5.74, 6) is -2.22. The summed E-state index contributed by atoms with van der Waals surface area (Å²) in [5, 5.41) is 17.7. The van der Waals surface area contributed by atoms with Gasteiger partial charge in [0.2, 0.25) is 0 Å². The van der Waals surface area contributed by atoms with Crippen LogP contribution in [0.4, 0.5) is 0 Å². The van der Waals surface area contributed by atoms with Crippen LogP contribution >= 0.6 is 0 Å². The predicted molar refractivity (Wildman–Crippen MR) is 81.9 cm³/mol. The molecule has 8 nitrogen and oxygen atoms in total. The summed E-state index contributed by atoms with van der Waals surface area (Å²) in [6.07, 6.45) is 0.287. The van der Waals surface area contributed by atoms with Crippen molar-refractivity contribution in [2.45, 2.75) is 13.3 Å². The molecule has 8 heteroatoms. The second-order valence-electron chi connectivity index (χ2n) is 4.74. The summed E-state index contributed by atoms with van der Waals surface area (Å²) in [6, 6.07) is 4.06. The van der Waals surface area contributed by atoms with Gasteiger partial charge in [-0.1, -0.05) is 0 Å². The third kappa shape index (κ3) is 6.76.